The van der Waals surface area contributed by atoms with E-state index in [1.807, 2.05) is 0 Å². The summed E-state index contributed by atoms with van der Waals surface area (Å²) in [4.78, 5) is 3.52. The van der Waals surface area contributed by atoms with E-state index in [0.29, 0.717) is 0 Å². The second kappa shape index (κ2) is 2.06. The molecule has 0 aliphatic carbocycles. The second-order valence-corrected chi connectivity index (χ2v) is 1.03. The van der Waals surface area contributed by atoms with Crippen molar-refractivity contribution in [2.45, 2.75) is 0 Å². The molecule has 1 rings (SSSR count). The van der Waals surface area contributed by atoms with Gasteiger partial charge in [-0.1, -0.05) is 10.3 Å². The Hall–Kier alpha value is -1.39. The lowest BCUT2D eigenvalue weighted by molar-refractivity contribution is 0.321. The van der Waals surface area contributed by atoms with Crippen LogP contribution in [0, 0.1) is 0 Å². The average Bonchev–Trinajstić information content (AvgIpc) is 2.19. The molecule has 1 N–H and O–H groups in total. The molecule has 1 aromatic heterocycles. The molecule has 0 aliphatic heterocycles. The summed E-state index contributed by atoms with van der Waals surface area (Å²) in [5.74, 6) is 0.257. The molecule has 0 spiro atoms. The monoisotopic (exact) mass is 113 g/mol. The van der Waals surface area contributed by atoms with Crippen LogP contribution >= 0.6 is 0 Å². The Morgan fingerprint density at radius 3 is 3.25 bits per heavy atom. The standard InChI is InChI=1S/C3H3N3O2/c7-5-1-3-4-2-8-6-3/h1-2,7H. The SMILES string of the molecule is ON=Cc1ncon1. The lowest BCUT2D eigenvalue weighted by Gasteiger charge is -1.68. The Morgan fingerprint density at radius 1 is 1.88 bits per heavy atom. The fraction of sp³-hybridized carbons (Fsp3) is 0. The first kappa shape index (κ1) is 4.76. The first-order valence-corrected chi connectivity index (χ1v) is 1.87. The highest BCUT2D eigenvalue weighted by molar-refractivity contribution is 5.72. The molecule has 42 valence electrons. The number of nitrogens with zero attached hydrogens (tertiary/aromatic N) is 3. The molecular formula is C3H3N3O2. The van der Waals surface area contributed by atoms with Crippen molar-refractivity contribution in [1.29, 1.82) is 0 Å². The largest absolute Gasteiger partial charge is 0.411 e. The summed E-state index contributed by atoms with van der Waals surface area (Å²) in [6, 6.07) is 0. The highest BCUT2D eigenvalue weighted by atomic mass is 16.5. The Kier molecular flexibility index (Phi) is 1.23. The predicted molar refractivity (Wildman–Crippen MR) is 23.7 cm³/mol. The lowest BCUT2D eigenvalue weighted by atomic mass is 10.7. The molecule has 0 saturated heterocycles. The molecule has 0 unspecified atom stereocenters. The summed E-state index contributed by atoms with van der Waals surface area (Å²) < 4.78 is 4.30. The van der Waals surface area contributed by atoms with E-state index in [1.54, 1.807) is 0 Å². The summed E-state index contributed by atoms with van der Waals surface area (Å²) >= 11 is 0. The van der Waals surface area contributed by atoms with E-state index >= 15 is 0 Å². The lowest BCUT2D eigenvalue weighted by Crippen LogP contribution is -1.80. The molecule has 0 amide bonds. The summed E-state index contributed by atoms with van der Waals surface area (Å²) in [5, 5.41) is 13.9. The van der Waals surface area contributed by atoms with Gasteiger partial charge in [-0.05, 0) is 0 Å². The van der Waals surface area contributed by atoms with Crippen molar-refractivity contribution >= 4 is 6.21 Å². The van der Waals surface area contributed by atoms with Crippen LogP contribution in [-0.2, 0) is 0 Å². The highest BCUT2D eigenvalue weighted by Crippen LogP contribution is 1.79. The van der Waals surface area contributed by atoms with Crippen molar-refractivity contribution in [3.8, 4) is 0 Å². The molecule has 0 bridgehead atoms. The van der Waals surface area contributed by atoms with Crippen molar-refractivity contribution in [2.24, 2.45) is 5.16 Å². The molecule has 0 radical (unpaired) electrons. The van der Waals surface area contributed by atoms with E-state index in [4.69, 9.17) is 5.21 Å². The van der Waals surface area contributed by atoms with Gasteiger partial charge >= 0.3 is 0 Å². The third kappa shape index (κ3) is 0.810. The number of hydrogen-bond donors (Lipinski definition) is 1. The Bertz CT molecular complexity index is 169. The quantitative estimate of drug-likeness (QED) is 0.313. The van der Waals surface area contributed by atoms with Crippen LogP contribution in [0.25, 0.3) is 0 Å². The summed E-state index contributed by atoms with van der Waals surface area (Å²) in [7, 11) is 0. The Balaban J connectivity index is 2.77. The van der Waals surface area contributed by atoms with Crippen molar-refractivity contribution in [3.63, 3.8) is 0 Å². The van der Waals surface area contributed by atoms with Gasteiger partial charge in [0, 0.05) is 0 Å². The van der Waals surface area contributed by atoms with E-state index in [1.165, 1.54) is 0 Å². The normalized spacial score (nSPS) is 10.5. The van der Waals surface area contributed by atoms with Crippen LogP contribution in [0.5, 0.6) is 0 Å². The zero-order chi connectivity index (χ0) is 5.82. The number of hydrogen-bond acceptors (Lipinski definition) is 5. The average molecular weight is 113 g/mol. The molecule has 5 heteroatoms. The Labute approximate surface area is 44.6 Å². The van der Waals surface area contributed by atoms with Gasteiger partial charge in [0.2, 0.25) is 12.2 Å². The molecule has 1 heterocycles. The minimum atomic E-state index is 0.257. The van der Waals surface area contributed by atoms with Crippen LogP contribution in [0.2, 0.25) is 0 Å². The number of oxime groups is 1. The topological polar surface area (TPSA) is 71.5 Å². The van der Waals surface area contributed by atoms with Crippen molar-refractivity contribution in [2.75, 3.05) is 0 Å². The van der Waals surface area contributed by atoms with Gasteiger partial charge in [-0.3, -0.25) is 0 Å². The van der Waals surface area contributed by atoms with Gasteiger partial charge in [0.15, 0.2) is 0 Å². The molecule has 0 aromatic carbocycles. The molecule has 0 fully saturated rings. The zero-order valence-corrected chi connectivity index (χ0v) is 3.85. The van der Waals surface area contributed by atoms with E-state index in [-0.39, 0.29) is 5.82 Å². The van der Waals surface area contributed by atoms with Crippen LogP contribution in [0.4, 0.5) is 0 Å². The van der Waals surface area contributed by atoms with E-state index in [0.717, 1.165) is 12.6 Å². The van der Waals surface area contributed by atoms with Crippen molar-refractivity contribution in [3.05, 3.63) is 12.2 Å². The summed E-state index contributed by atoms with van der Waals surface area (Å²) in [6.45, 7) is 0. The number of aromatic nitrogens is 2. The Morgan fingerprint density at radius 2 is 2.75 bits per heavy atom. The van der Waals surface area contributed by atoms with Crippen LogP contribution in [0.3, 0.4) is 0 Å². The van der Waals surface area contributed by atoms with Crippen molar-refractivity contribution in [1.82, 2.24) is 10.1 Å². The van der Waals surface area contributed by atoms with Gasteiger partial charge in [0.25, 0.3) is 0 Å². The predicted octanol–water partition coefficient (Wildman–Crippen LogP) is -0.122. The minimum absolute atomic E-state index is 0.257. The summed E-state index contributed by atoms with van der Waals surface area (Å²) in [6.07, 6.45) is 2.22. The molecule has 0 saturated carbocycles. The third-order valence-corrected chi connectivity index (χ3v) is 0.552. The van der Waals surface area contributed by atoms with E-state index in [9.17, 15) is 0 Å². The number of rotatable bonds is 1. The van der Waals surface area contributed by atoms with E-state index in [2.05, 4.69) is 19.8 Å². The van der Waals surface area contributed by atoms with Gasteiger partial charge < -0.3 is 9.73 Å². The molecular weight excluding hydrogens is 110 g/mol. The first-order chi connectivity index (χ1) is 3.93. The smallest absolute Gasteiger partial charge is 0.216 e. The second-order valence-electron chi connectivity index (χ2n) is 1.03. The maximum atomic E-state index is 7.89. The van der Waals surface area contributed by atoms with Gasteiger partial charge in [-0.2, -0.15) is 4.98 Å². The van der Waals surface area contributed by atoms with Crippen LogP contribution in [0.15, 0.2) is 16.1 Å². The van der Waals surface area contributed by atoms with Gasteiger partial charge in [0.1, 0.15) is 6.21 Å². The molecule has 0 aliphatic rings. The molecule has 5 nitrogen and oxygen atoms in total. The maximum absolute atomic E-state index is 7.89. The molecule has 0 atom stereocenters. The maximum Gasteiger partial charge on any atom is 0.216 e. The van der Waals surface area contributed by atoms with Gasteiger partial charge in [-0.15, -0.1) is 0 Å². The third-order valence-electron chi connectivity index (χ3n) is 0.552. The summed E-state index contributed by atoms with van der Waals surface area (Å²) in [5.41, 5.74) is 0. The van der Waals surface area contributed by atoms with Crippen molar-refractivity contribution < 1.29 is 9.73 Å². The van der Waals surface area contributed by atoms with Gasteiger partial charge in [0.05, 0.1) is 0 Å². The van der Waals surface area contributed by atoms with E-state index < -0.39 is 0 Å². The van der Waals surface area contributed by atoms with Crippen LogP contribution < -0.4 is 0 Å². The van der Waals surface area contributed by atoms with Crippen LogP contribution in [0.1, 0.15) is 5.82 Å². The highest BCUT2D eigenvalue weighted by Gasteiger charge is 1.88. The molecule has 1 aromatic rings. The van der Waals surface area contributed by atoms with Crippen LogP contribution in [-0.4, -0.2) is 21.6 Å². The fourth-order valence-corrected chi connectivity index (χ4v) is 0.287. The van der Waals surface area contributed by atoms with Gasteiger partial charge in [-0.25, -0.2) is 0 Å². The fourth-order valence-electron chi connectivity index (χ4n) is 0.287. The minimum Gasteiger partial charge on any atom is -0.411 e. The zero-order valence-electron chi connectivity index (χ0n) is 3.85. The molecule has 8 heavy (non-hydrogen) atoms. The first-order valence-electron chi connectivity index (χ1n) is 1.87.